The molecule has 6 heteroatoms. The average Bonchev–Trinajstić information content (AvgIpc) is 2.26. The number of carbonyl (C=O) groups is 2. The molecule has 1 rings (SSSR count). The van der Waals surface area contributed by atoms with E-state index < -0.39 is 18.4 Å². The van der Waals surface area contributed by atoms with Crippen LogP contribution in [-0.4, -0.2) is 44.7 Å². The summed E-state index contributed by atoms with van der Waals surface area (Å²) in [4.78, 5) is 22.1. The molecule has 1 aliphatic heterocycles. The van der Waals surface area contributed by atoms with Crippen LogP contribution in [-0.2, 0) is 28.5 Å². The number of methoxy groups -OCH3 is 2. The fraction of sp³-hybridized carbons (Fsp3) is 0.800. The van der Waals surface area contributed by atoms with E-state index in [1.807, 2.05) is 0 Å². The van der Waals surface area contributed by atoms with Crippen molar-refractivity contribution >= 4 is 11.9 Å². The van der Waals surface area contributed by atoms with Crippen LogP contribution in [0.2, 0.25) is 0 Å². The largest absolute Gasteiger partial charge is 0.467 e. The van der Waals surface area contributed by atoms with Gasteiger partial charge in [0.05, 0.1) is 7.11 Å². The number of rotatable bonds is 3. The van der Waals surface area contributed by atoms with Gasteiger partial charge in [-0.2, -0.15) is 0 Å². The normalized spacial score (nSPS) is 29.6. The smallest absolute Gasteiger partial charge is 0.335 e. The zero-order valence-electron chi connectivity index (χ0n) is 9.60. The van der Waals surface area contributed by atoms with Crippen LogP contribution >= 0.6 is 0 Å². The van der Waals surface area contributed by atoms with Crippen LogP contribution in [0, 0.1) is 0 Å². The summed E-state index contributed by atoms with van der Waals surface area (Å²) in [6, 6.07) is 0. The summed E-state index contributed by atoms with van der Waals surface area (Å²) in [6.45, 7) is 1.32. The van der Waals surface area contributed by atoms with Crippen molar-refractivity contribution in [3.8, 4) is 0 Å². The third-order valence-corrected chi connectivity index (χ3v) is 2.31. The summed E-state index contributed by atoms with van der Waals surface area (Å²) in [6.07, 6.45) is -0.953. The minimum atomic E-state index is -0.743. The predicted octanol–water partition coefficient (Wildman–Crippen LogP) is 0.243. The van der Waals surface area contributed by atoms with Crippen LogP contribution in [0.1, 0.15) is 19.8 Å². The molecule has 0 N–H and O–H groups in total. The Morgan fingerprint density at radius 3 is 2.44 bits per heavy atom. The number of ether oxygens (including phenoxy) is 4. The molecule has 1 fully saturated rings. The summed E-state index contributed by atoms with van der Waals surface area (Å²) in [5.74, 6) is -0.871. The van der Waals surface area contributed by atoms with Gasteiger partial charge in [0.15, 0.2) is 12.4 Å². The van der Waals surface area contributed by atoms with Gasteiger partial charge in [-0.15, -0.1) is 0 Å². The Bertz CT molecular complexity index is 264. The second-order valence-electron chi connectivity index (χ2n) is 3.52. The topological polar surface area (TPSA) is 71.1 Å². The molecule has 1 saturated heterocycles. The van der Waals surface area contributed by atoms with E-state index in [4.69, 9.17) is 14.2 Å². The molecule has 0 spiro atoms. The Balaban J connectivity index is 2.60. The Morgan fingerprint density at radius 2 is 1.94 bits per heavy atom. The van der Waals surface area contributed by atoms with Crippen molar-refractivity contribution in [3.63, 3.8) is 0 Å². The molecule has 0 saturated carbocycles. The van der Waals surface area contributed by atoms with E-state index in [0.717, 1.165) is 0 Å². The van der Waals surface area contributed by atoms with E-state index in [2.05, 4.69) is 4.74 Å². The Morgan fingerprint density at radius 1 is 1.25 bits per heavy atom. The summed E-state index contributed by atoms with van der Waals surface area (Å²) >= 11 is 0. The third kappa shape index (κ3) is 3.46. The maximum Gasteiger partial charge on any atom is 0.335 e. The standard InChI is InChI=1S/C10H16O6/c1-6(11)15-7-4-8(10(12)14-3)16-9(5-7)13-2/h7-9H,4-5H2,1-3H3/t7-,8-,9+/m0/s1. The third-order valence-electron chi connectivity index (χ3n) is 2.31. The molecule has 92 valence electrons. The highest BCUT2D eigenvalue weighted by Crippen LogP contribution is 2.23. The lowest BCUT2D eigenvalue weighted by Gasteiger charge is -2.32. The first kappa shape index (κ1) is 12.9. The van der Waals surface area contributed by atoms with Gasteiger partial charge in [-0.05, 0) is 0 Å². The van der Waals surface area contributed by atoms with E-state index in [1.165, 1.54) is 21.1 Å². The van der Waals surface area contributed by atoms with Crippen molar-refractivity contribution in [2.24, 2.45) is 0 Å². The van der Waals surface area contributed by atoms with Gasteiger partial charge in [-0.3, -0.25) is 4.79 Å². The zero-order valence-corrected chi connectivity index (χ0v) is 9.60. The van der Waals surface area contributed by atoms with Crippen molar-refractivity contribution in [3.05, 3.63) is 0 Å². The summed E-state index contributed by atoms with van der Waals surface area (Å²) in [5, 5.41) is 0. The zero-order chi connectivity index (χ0) is 12.1. The summed E-state index contributed by atoms with van der Waals surface area (Å²) in [5.41, 5.74) is 0. The minimum absolute atomic E-state index is 0.298. The second kappa shape index (κ2) is 5.81. The fourth-order valence-electron chi connectivity index (χ4n) is 1.61. The number of hydrogen-bond acceptors (Lipinski definition) is 6. The van der Waals surface area contributed by atoms with Gasteiger partial charge in [0, 0.05) is 26.9 Å². The molecule has 0 unspecified atom stereocenters. The second-order valence-corrected chi connectivity index (χ2v) is 3.52. The quantitative estimate of drug-likeness (QED) is 0.649. The molecule has 1 heterocycles. The molecule has 0 aromatic heterocycles. The van der Waals surface area contributed by atoms with Crippen molar-refractivity contribution in [1.29, 1.82) is 0 Å². The van der Waals surface area contributed by atoms with Crippen LogP contribution in [0.15, 0.2) is 0 Å². The number of hydrogen-bond donors (Lipinski definition) is 0. The first-order chi connectivity index (χ1) is 7.56. The minimum Gasteiger partial charge on any atom is -0.467 e. The van der Waals surface area contributed by atoms with E-state index in [0.29, 0.717) is 12.8 Å². The van der Waals surface area contributed by atoms with Crippen molar-refractivity contribution in [1.82, 2.24) is 0 Å². The predicted molar refractivity (Wildman–Crippen MR) is 52.5 cm³/mol. The maximum absolute atomic E-state index is 11.3. The summed E-state index contributed by atoms with van der Waals surface area (Å²) < 4.78 is 19.9. The molecular weight excluding hydrogens is 216 g/mol. The average molecular weight is 232 g/mol. The van der Waals surface area contributed by atoms with Crippen molar-refractivity contribution < 1.29 is 28.5 Å². The molecule has 0 bridgehead atoms. The first-order valence-electron chi connectivity index (χ1n) is 5.00. The van der Waals surface area contributed by atoms with E-state index >= 15 is 0 Å². The van der Waals surface area contributed by atoms with Crippen LogP contribution in [0.4, 0.5) is 0 Å². The lowest BCUT2D eigenvalue weighted by atomic mass is 10.0. The van der Waals surface area contributed by atoms with Crippen LogP contribution in [0.5, 0.6) is 0 Å². The molecule has 0 aliphatic carbocycles. The SMILES string of the molecule is COC(=O)[C@@H]1C[C@H](OC(C)=O)C[C@H](OC)O1. The molecule has 6 nitrogen and oxygen atoms in total. The van der Waals surface area contributed by atoms with Gasteiger partial charge in [0.2, 0.25) is 0 Å². The van der Waals surface area contributed by atoms with Gasteiger partial charge in [-0.1, -0.05) is 0 Å². The molecule has 16 heavy (non-hydrogen) atoms. The highest BCUT2D eigenvalue weighted by molar-refractivity contribution is 5.74. The van der Waals surface area contributed by atoms with E-state index in [9.17, 15) is 9.59 Å². The Hall–Kier alpha value is -1.14. The summed E-state index contributed by atoms with van der Waals surface area (Å²) in [7, 11) is 2.75. The highest BCUT2D eigenvalue weighted by atomic mass is 16.7. The van der Waals surface area contributed by atoms with Gasteiger partial charge in [-0.25, -0.2) is 4.79 Å². The monoisotopic (exact) mass is 232 g/mol. The number of esters is 2. The van der Waals surface area contributed by atoms with Crippen LogP contribution in [0.3, 0.4) is 0 Å². The van der Waals surface area contributed by atoms with Gasteiger partial charge >= 0.3 is 11.9 Å². The number of carbonyl (C=O) groups excluding carboxylic acids is 2. The Labute approximate surface area is 93.8 Å². The Kier molecular flexibility index (Phi) is 4.70. The van der Waals surface area contributed by atoms with Gasteiger partial charge < -0.3 is 18.9 Å². The molecule has 0 aromatic rings. The first-order valence-corrected chi connectivity index (χ1v) is 5.00. The molecule has 0 aromatic carbocycles. The lowest BCUT2D eigenvalue weighted by Crippen LogP contribution is -2.42. The van der Waals surface area contributed by atoms with Crippen LogP contribution < -0.4 is 0 Å². The molecule has 0 amide bonds. The molecular formula is C10H16O6. The molecule has 1 aliphatic rings. The van der Waals surface area contributed by atoms with Crippen molar-refractivity contribution in [2.75, 3.05) is 14.2 Å². The highest BCUT2D eigenvalue weighted by Gasteiger charge is 2.35. The molecule has 3 atom stereocenters. The maximum atomic E-state index is 11.3. The van der Waals surface area contributed by atoms with E-state index in [-0.39, 0.29) is 12.1 Å². The van der Waals surface area contributed by atoms with E-state index in [1.54, 1.807) is 0 Å². The van der Waals surface area contributed by atoms with Crippen LogP contribution in [0.25, 0.3) is 0 Å². The van der Waals surface area contributed by atoms with Gasteiger partial charge in [0.1, 0.15) is 6.10 Å². The fourth-order valence-corrected chi connectivity index (χ4v) is 1.61. The lowest BCUT2D eigenvalue weighted by molar-refractivity contribution is -0.219. The van der Waals surface area contributed by atoms with Gasteiger partial charge in [0.25, 0.3) is 0 Å². The van der Waals surface area contributed by atoms with Crippen molar-refractivity contribution in [2.45, 2.75) is 38.3 Å². The molecule has 0 radical (unpaired) electrons.